The number of allylic oxidation sites excluding steroid dienone is 1. The van der Waals surface area contributed by atoms with Gasteiger partial charge in [0.25, 0.3) is 0 Å². The lowest BCUT2D eigenvalue weighted by Crippen LogP contribution is -2.27. The Morgan fingerprint density at radius 3 is 2.37 bits per heavy atom. The Kier molecular flexibility index (Phi) is 4.76. The van der Waals surface area contributed by atoms with Gasteiger partial charge in [-0.15, -0.1) is 0 Å². The second kappa shape index (κ2) is 6.34. The third-order valence-electron chi connectivity index (χ3n) is 3.12. The molecule has 0 aliphatic heterocycles. The van der Waals surface area contributed by atoms with Gasteiger partial charge in [-0.2, -0.15) is 0 Å². The predicted octanol–water partition coefficient (Wildman–Crippen LogP) is 3.21. The van der Waals surface area contributed by atoms with Crippen molar-refractivity contribution in [2.24, 2.45) is 5.92 Å². The van der Waals surface area contributed by atoms with Crippen LogP contribution in [0.15, 0.2) is 48.2 Å². The van der Waals surface area contributed by atoms with Gasteiger partial charge in [0.05, 0.1) is 19.1 Å². The van der Waals surface area contributed by atoms with Crippen LogP contribution in [0.5, 0.6) is 0 Å². The standard InChI is InChI=1S/C15H15IO3/c1-18-13-9-14(19-2)12(15(16)17)8-11(13)10-6-4-3-5-7-10/h3-9,12,14H,1-2H3. The number of carbonyl (C=O) groups excluding carboxylic acids is 1. The van der Waals surface area contributed by atoms with Crippen LogP contribution in [0.25, 0.3) is 5.57 Å². The molecule has 0 N–H and O–H groups in total. The predicted molar refractivity (Wildman–Crippen MR) is 82.8 cm³/mol. The maximum absolute atomic E-state index is 11.7. The van der Waals surface area contributed by atoms with Gasteiger partial charge in [0.15, 0.2) is 0 Å². The van der Waals surface area contributed by atoms with Gasteiger partial charge in [0.2, 0.25) is 3.79 Å². The molecular formula is C15H15IO3. The van der Waals surface area contributed by atoms with Gasteiger partial charge in [-0.3, -0.25) is 4.79 Å². The molecule has 0 radical (unpaired) electrons. The molecule has 0 spiro atoms. The quantitative estimate of drug-likeness (QED) is 0.603. The Morgan fingerprint density at radius 1 is 1.16 bits per heavy atom. The average molecular weight is 370 g/mol. The number of halogens is 1. The zero-order valence-corrected chi connectivity index (χ0v) is 13.0. The molecule has 100 valence electrons. The van der Waals surface area contributed by atoms with Gasteiger partial charge in [0, 0.05) is 35.3 Å². The maximum Gasteiger partial charge on any atom is 0.202 e. The summed E-state index contributed by atoms with van der Waals surface area (Å²) in [6.45, 7) is 0. The van der Waals surface area contributed by atoms with Crippen molar-refractivity contribution in [2.45, 2.75) is 6.10 Å². The SMILES string of the molecule is COC1=CC(OC)C(C(=O)I)C=C1c1ccccc1. The Balaban J connectivity index is 2.45. The summed E-state index contributed by atoms with van der Waals surface area (Å²) in [7, 11) is 3.23. The molecule has 1 aromatic rings. The second-order valence-corrected chi connectivity index (χ2v) is 5.27. The van der Waals surface area contributed by atoms with E-state index in [1.54, 1.807) is 14.2 Å². The first-order chi connectivity index (χ1) is 9.17. The normalized spacial score (nSPS) is 22.5. The molecule has 4 heteroatoms. The van der Waals surface area contributed by atoms with Crippen molar-refractivity contribution >= 4 is 32.0 Å². The van der Waals surface area contributed by atoms with Crippen LogP contribution in [0.1, 0.15) is 5.56 Å². The fourth-order valence-electron chi connectivity index (χ4n) is 2.14. The molecule has 0 aromatic heterocycles. The van der Waals surface area contributed by atoms with Crippen LogP contribution in [0.3, 0.4) is 0 Å². The largest absolute Gasteiger partial charge is 0.496 e. The van der Waals surface area contributed by atoms with Gasteiger partial charge in [0.1, 0.15) is 5.76 Å². The molecule has 19 heavy (non-hydrogen) atoms. The summed E-state index contributed by atoms with van der Waals surface area (Å²) >= 11 is 1.82. The van der Waals surface area contributed by atoms with E-state index in [1.165, 1.54) is 0 Å². The van der Waals surface area contributed by atoms with E-state index in [-0.39, 0.29) is 15.8 Å². The van der Waals surface area contributed by atoms with Crippen LogP contribution in [-0.2, 0) is 14.3 Å². The van der Waals surface area contributed by atoms with Crippen LogP contribution < -0.4 is 0 Å². The zero-order valence-electron chi connectivity index (χ0n) is 10.8. The van der Waals surface area contributed by atoms with Crippen LogP contribution in [0.2, 0.25) is 0 Å². The highest BCUT2D eigenvalue weighted by Gasteiger charge is 2.30. The molecule has 2 unspecified atom stereocenters. The van der Waals surface area contributed by atoms with Crippen LogP contribution in [-0.4, -0.2) is 24.1 Å². The second-order valence-electron chi connectivity index (χ2n) is 4.21. The summed E-state index contributed by atoms with van der Waals surface area (Å²) in [6.07, 6.45) is 3.52. The summed E-state index contributed by atoms with van der Waals surface area (Å²) in [4.78, 5) is 11.7. The topological polar surface area (TPSA) is 35.5 Å². The molecule has 1 aliphatic rings. The monoisotopic (exact) mass is 370 g/mol. The minimum absolute atomic E-state index is 0.0595. The molecule has 0 saturated heterocycles. The van der Waals surface area contributed by atoms with E-state index in [1.807, 2.05) is 65.1 Å². The number of ether oxygens (including phenoxy) is 2. The number of benzene rings is 1. The van der Waals surface area contributed by atoms with Crippen LogP contribution in [0.4, 0.5) is 0 Å². The van der Waals surface area contributed by atoms with E-state index in [9.17, 15) is 4.79 Å². The zero-order chi connectivity index (χ0) is 13.8. The van der Waals surface area contributed by atoms with Crippen molar-refractivity contribution in [3.8, 4) is 0 Å². The van der Waals surface area contributed by atoms with Gasteiger partial charge < -0.3 is 9.47 Å². The lowest BCUT2D eigenvalue weighted by molar-refractivity contribution is -0.114. The lowest BCUT2D eigenvalue weighted by atomic mass is 9.89. The fourth-order valence-corrected chi connectivity index (χ4v) is 2.68. The molecule has 3 nitrogen and oxygen atoms in total. The summed E-state index contributed by atoms with van der Waals surface area (Å²) in [5, 5.41) is 0. The molecule has 0 amide bonds. The molecule has 0 fully saturated rings. The van der Waals surface area contributed by atoms with Crippen LogP contribution in [0, 0.1) is 5.92 Å². The number of rotatable bonds is 4. The summed E-state index contributed by atoms with van der Waals surface area (Å²) < 4.78 is 10.8. The summed E-state index contributed by atoms with van der Waals surface area (Å²) in [5.74, 6) is 0.464. The van der Waals surface area contributed by atoms with E-state index in [0.717, 1.165) is 16.9 Å². The van der Waals surface area contributed by atoms with Gasteiger partial charge in [-0.25, -0.2) is 0 Å². The Hall–Kier alpha value is -1.14. The minimum atomic E-state index is -0.278. The summed E-state index contributed by atoms with van der Waals surface area (Å²) in [5.41, 5.74) is 1.97. The number of methoxy groups -OCH3 is 2. The van der Waals surface area contributed by atoms with E-state index < -0.39 is 0 Å². The van der Waals surface area contributed by atoms with Gasteiger partial charge in [-0.1, -0.05) is 36.4 Å². The molecule has 2 atom stereocenters. The summed E-state index contributed by atoms with van der Waals surface area (Å²) in [6, 6.07) is 9.89. The first kappa shape index (κ1) is 14.3. The van der Waals surface area contributed by atoms with E-state index in [2.05, 4.69) is 0 Å². The van der Waals surface area contributed by atoms with Crippen molar-refractivity contribution < 1.29 is 14.3 Å². The van der Waals surface area contributed by atoms with E-state index in [0.29, 0.717) is 0 Å². The molecule has 2 rings (SSSR count). The van der Waals surface area contributed by atoms with Crippen molar-refractivity contribution in [1.82, 2.24) is 0 Å². The molecule has 0 saturated carbocycles. The Morgan fingerprint density at radius 2 is 1.84 bits per heavy atom. The first-order valence-corrected chi connectivity index (χ1v) is 7.00. The Bertz CT molecular complexity index is 519. The van der Waals surface area contributed by atoms with Crippen molar-refractivity contribution in [3.05, 3.63) is 53.8 Å². The minimum Gasteiger partial charge on any atom is -0.496 e. The molecular weight excluding hydrogens is 355 g/mol. The lowest BCUT2D eigenvalue weighted by Gasteiger charge is -2.25. The number of carbonyl (C=O) groups is 1. The maximum atomic E-state index is 11.7. The van der Waals surface area contributed by atoms with Crippen LogP contribution >= 0.6 is 22.6 Å². The highest BCUT2D eigenvalue weighted by molar-refractivity contribution is 14.1. The smallest absolute Gasteiger partial charge is 0.202 e. The first-order valence-electron chi connectivity index (χ1n) is 5.93. The van der Waals surface area contributed by atoms with E-state index >= 15 is 0 Å². The average Bonchev–Trinajstić information content (AvgIpc) is 2.46. The highest BCUT2D eigenvalue weighted by Crippen LogP contribution is 2.33. The van der Waals surface area contributed by atoms with Crippen molar-refractivity contribution in [1.29, 1.82) is 0 Å². The number of hydrogen-bond acceptors (Lipinski definition) is 3. The fraction of sp³-hybridized carbons (Fsp3) is 0.267. The highest BCUT2D eigenvalue weighted by atomic mass is 127. The van der Waals surface area contributed by atoms with Gasteiger partial charge in [-0.05, 0) is 11.6 Å². The molecule has 1 aromatic carbocycles. The molecule has 1 aliphatic carbocycles. The molecule has 0 heterocycles. The third kappa shape index (κ3) is 3.06. The third-order valence-corrected chi connectivity index (χ3v) is 3.84. The molecule has 0 bridgehead atoms. The Labute approximate surface area is 126 Å². The van der Waals surface area contributed by atoms with Crippen molar-refractivity contribution in [3.63, 3.8) is 0 Å². The number of hydrogen-bond donors (Lipinski definition) is 0. The van der Waals surface area contributed by atoms with E-state index in [4.69, 9.17) is 9.47 Å². The van der Waals surface area contributed by atoms with Crippen molar-refractivity contribution in [2.75, 3.05) is 14.2 Å². The van der Waals surface area contributed by atoms with Gasteiger partial charge >= 0.3 is 0 Å².